The fourth-order valence-corrected chi connectivity index (χ4v) is 1.40. The van der Waals surface area contributed by atoms with Gasteiger partial charge in [-0.2, -0.15) is 4.89 Å². The maximum absolute atomic E-state index is 11.6. The SMILES string of the molecule is CC(C)(C)OOON([O-])c1ccc(CN([O-])OC(C)(C)C)cc1. The highest BCUT2D eigenvalue weighted by Crippen LogP contribution is 2.18. The van der Waals surface area contributed by atoms with Crippen LogP contribution in [-0.4, -0.2) is 16.4 Å². The van der Waals surface area contributed by atoms with Gasteiger partial charge in [0.2, 0.25) is 0 Å². The lowest BCUT2D eigenvalue weighted by Gasteiger charge is -2.34. The van der Waals surface area contributed by atoms with E-state index in [0.717, 1.165) is 0 Å². The molecule has 1 aromatic carbocycles. The molecule has 0 atom stereocenters. The van der Waals surface area contributed by atoms with Crippen LogP contribution in [0.2, 0.25) is 0 Å². The summed E-state index contributed by atoms with van der Waals surface area (Å²) >= 11 is 0. The molecule has 1 rings (SSSR count). The molecule has 0 unspecified atom stereocenters. The van der Waals surface area contributed by atoms with Gasteiger partial charge in [-0.25, -0.2) is 0 Å². The van der Waals surface area contributed by atoms with Crippen LogP contribution in [0.5, 0.6) is 0 Å². The average Bonchev–Trinajstić information content (AvgIpc) is 2.35. The van der Waals surface area contributed by atoms with E-state index >= 15 is 0 Å². The molecule has 0 radical (unpaired) electrons. The molecular formula is C15H24N2O6-2. The minimum atomic E-state index is -0.602. The Bertz CT molecular complexity index is 466. The minimum Gasteiger partial charge on any atom is -0.762 e. The Hall–Kier alpha value is -1.26. The van der Waals surface area contributed by atoms with Crippen LogP contribution >= 0.6 is 0 Å². The molecule has 0 fully saturated rings. The van der Waals surface area contributed by atoms with E-state index in [1.165, 1.54) is 12.1 Å². The van der Waals surface area contributed by atoms with Crippen molar-refractivity contribution in [3.8, 4) is 0 Å². The summed E-state index contributed by atoms with van der Waals surface area (Å²) in [6.07, 6.45) is 0. The predicted octanol–water partition coefficient (Wildman–Crippen LogP) is 3.61. The second-order valence-electron chi connectivity index (χ2n) is 6.96. The summed E-state index contributed by atoms with van der Waals surface area (Å²) in [5.74, 6) is 0. The topological polar surface area (TPSA) is 89.5 Å². The second kappa shape index (κ2) is 8.02. The molecule has 0 aliphatic carbocycles. The van der Waals surface area contributed by atoms with Crippen molar-refractivity contribution in [2.24, 2.45) is 0 Å². The van der Waals surface area contributed by atoms with Crippen LogP contribution < -0.4 is 5.23 Å². The fourth-order valence-electron chi connectivity index (χ4n) is 1.40. The smallest absolute Gasteiger partial charge is 0.0984 e. The first-order valence-electron chi connectivity index (χ1n) is 7.19. The number of hydrogen-bond donors (Lipinski definition) is 0. The minimum absolute atomic E-state index is 0.0426. The molecule has 8 heteroatoms. The number of rotatable bonds is 7. The van der Waals surface area contributed by atoms with Crippen LogP contribution in [0.15, 0.2) is 24.3 Å². The molecule has 0 amide bonds. The van der Waals surface area contributed by atoms with Crippen LogP contribution in [0, 0.1) is 10.4 Å². The monoisotopic (exact) mass is 328 g/mol. The lowest BCUT2D eigenvalue weighted by atomic mass is 10.2. The summed E-state index contributed by atoms with van der Waals surface area (Å²) in [6.45, 7) is 10.6. The Labute approximate surface area is 136 Å². The van der Waals surface area contributed by atoms with Crippen molar-refractivity contribution in [2.45, 2.75) is 59.3 Å². The normalized spacial score (nSPS) is 12.7. The van der Waals surface area contributed by atoms with Crippen LogP contribution in [0.3, 0.4) is 0 Å². The van der Waals surface area contributed by atoms with E-state index in [1.807, 2.05) is 0 Å². The summed E-state index contributed by atoms with van der Waals surface area (Å²) in [5.41, 5.74) is -0.283. The molecule has 23 heavy (non-hydrogen) atoms. The van der Waals surface area contributed by atoms with Crippen molar-refractivity contribution in [3.63, 3.8) is 0 Å². The zero-order valence-corrected chi connectivity index (χ0v) is 14.4. The molecular weight excluding hydrogens is 304 g/mol. The van der Waals surface area contributed by atoms with Gasteiger partial charge in [-0.15, -0.1) is 0 Å². The summed E-state index contributed by atoms with van der Waals surface area (Å²) in [7, 11) is 0. The first-order chi connectivity index (χ1) is 10.5. The van der Waals surface area contributed by atoms with Gasteiger partial charge in [0.1, 0.15) is 0 Å². The molecule has 8 nitrogen and oxygen atoms in total. The predicted molar refractivity (Wildman–Crippen MR) is 85.0 cm³/mol. The van der Waals surface area contributed by atoms with Crippen LogP contribution in [-0.2, 0) is 26.3 Å². The van der Waals surface area contributed by atoms with E-state index in [1.54, 1.807) is 53.7 Å². The second-order valence-corrected chi connectivity index (χ2v) is 6.96. The Morgan fingerprint density at radius 1 is 0.913 bits per heavy atom. The number of hydrogen-bond acceptors (Lipinski definition) is 8. The molecule has 0 aromatic heterocycles. The third kappa shape index (κ3) is 8.82. The Morgan fingerprint density at radius 3 is 1.96 bits per heavy atom. The number of anilines is 1. The quantitative estimate of drug-likeness (QED) is 0.554. The van der Waals surface area contributed by atoms with Gasteiger partial charge in [-0.3, -0.25) is 10.5 Å². The highest BCUT2D eigenvalue weighted by atomic mass is 17.6. The van der Waals surface area contributed by atoms with Crippen molar-refractivity contribution in [1.82, 2.24) is 5.23 Å². The maximum Gasteiger partial charge on any atom is 0.0984 e. The number of nitrogens with zero attached hydrogens (tertiary/aromatic N) is 2. The van der Waals surface area contributed by atoms with Crippen molar-refractivity contribution >= 4 is 5.69 Å². The van der Waals surface area contributed by atoms with Crippen molar-refractivity contribution < 1.29 is 19.8 Å². The summed E-state index contributed by atoms with van der Waals surface area (Å²) in [5, 5.41) is 28.4. The summed E-state index contributed by atoms with van der Waals surface area (Å²) in [6, 6.07) is 6.22. The lowest BCUT2D eigenvalue weighted by Crippen LogP contribution is -2.29. The number of benzene rings is 1. The van der Waals surface area contributed by atoms with E-state index < -0.39 is 11.2 Å². The van der Waals surface area contributed by atoms with Crippen molar-refractivity contribution in [1.29, 1.82) is 0 Å². The summed E-state index contributed by atoms with van der Waals surface area (Å²) in [4.78, 5) is 14.4. The molecule has 132 valence electrons. The van der Waals surface area contributed by atoms with Gasteiger partial charge in [-0.05, 0) is 64.3 Å². The highest BCUT2D eigenvalue weighted by Gasteiger charge is 2.13. The molecule has 0 saturated heterocycles. The lowest BCUT2D eigenvalue weighted by molar-refractivity contribution is -0.539. The Kier molecular flexibility index (Phi) is 6.90. The molecule has 0 aliphatic heterocycles. The zero-order chi connectivity index (χ0) is 17.7. The van der Waals surface area contributed by atoms with E-state index in [9.17, 15) is 10.4 Å². The first kappa shape index (κ1) is 19.8. The molecule has 0 saturated carbocycles. The van der Waals surface area contributed by atoms with Gasteiger partial charge in [0.05, 0.1) is 16.9 Å². The Balaban J connectivity index is 2.49. The van der Waals surface area contributed by atoms with Crippen LogP contribution in [0.4, 0.5) is 5.69 Å². The van der Waals surface area contributed by atoms with E-state index in [0.29, 0.717) is 10.8 Å². The van der Waals surface area contributed by atoms with Gasteiger partial charge < -0.3 is 15.3 Å². The van der Waals surface area contributed by atoms with E-state index in [-0.39, 0.29) is 17.5 Å². The van der Waals surface area contributed by atoms with Crippen LogP contribution in [0.25, 0.3) is 0 Å². The standard InChI is InChI=1S/C15H24N2O6/c1-14(2,3)20-16(18)11-12-7-9-13(10-8-12)17(19)22-23-21-15(4,5)6/h7-10H,11H2,1-6H3/q-2. The molecule has 0 bridgehead atoms. The van der Waals surface area contributed by atoms with Gasteiger partial charge >= 0.3 is 0 Å². The average molecular weight is 328 g/mol. The zero-order valence-electron chi connectivity index (χ0n) is 14.4. The molecule has 0 N–H and O–H groups in total. The van der Waals surface area contributed by atoms with Crippen LogP contribution in [0.1, 0.15) is 47.1 Å². The first-order valence-corrected chi connectivity index (χ1v) is 7.19. The third-order valence-corrected chi connectivity index (χ3v) is 2.22. The van der Waals surface area contributed by atoms with Crippen molar-refractivity contribution in [2.75, 3.05) is 5.23 Å². The van der Waals surface area contributed by atoms with Gasteiger partial charge in [0.15, 0.2) is 0 Å². The molecule has 1 aromatic rings. The highest BCUT2D eigenvalue weighted by molar-refractivity contribution is 5.45. The Morgan fingerprint density at radius 2 is 1.48 bits per heavy atom. The molecule has 0 spiro atoms. The third-order valence-electron chi connectivity index (χ3n) is 2.22. The van der Waals surface area contributed by atoms with Gasteiger partial charge in [0, 0.05) is 6.54 Å². The number of hydroxylamine groups is 2. The maximum atomic E-state index is 11.6. The fraction of sp³-hybridized carbons (Fsp3) is 0.600. The van der Waals surface area contributed by atoms with E-state index in [2.05, 4.69) is 10.0 Å². The van der Waals surface area contributed by atoms with Gasteiger partial charge in [0.25, 0.3) is 0 Å². The van der Waals surface area contributed by atoms with Gasteiger partial charge in [-0.1, -0.05) is 17.1 Å². The largest absolute Gasteiger partial charge is 0.762 e. The van der Waals surface area contributed by atoms with Crippen molar-refractivity contribution in [3.05, 3.63) is 40.2 Å². The molecule has 0 heterocycles. The van der Waals surface area contributed by atoms with E-state index in [4.69, 9.17) is 9.73 Å². The summed E-state index contributed by atoms with van der Waals surface area (Å²) < 4.78 is 0. The molecule has 0 aliphatic rings.